The third kappa shape index (κ3) is 1.17. The molecule has 3 N–H and O–H groups in total. The molecule has 0 saturated heterocycles. The first-order chi connectivity index (χ1) is 8.30. The van der Waals surface area contributed by atoms with Crippen LogP contribution in [0.15, 0.2) is 0 Å². The van der Waals surface area contributed by atoms with Crippen LogP contribution in [0.25, 0.3) is 0 Å². The molecule has 0 unspecified atom stereocenters. The van der Waals surface area contributed by atoms with Gasteiger partial charge in [0.05, 0.1) is 18.8 Å². The smallest absolute Gasteiger partial charge is 0.0661 e. The first-order valence-electron chi connectivity index (χ1n) is 7.27. The molecule has 3 aliphatic carbocycles. The van der Waals surface area contributed by atoms with Crippen LogP contribution in [0.1, 0.15) is 46.5 Å². The van der Waals surface area contributed by atoms with Crippen molar-refractivity contribution in [1.82, 2.24) is 0 Å². The Morgan fingerprint density at radius 1 is 1.06 bits per heavy atom. The number of hydrogen-bond donors (Lipinski definition) is 3. The SMILES string of the molecule is CC1(C)CCC[C@@]2(C)[C@@H]3[C@H]1[C@@H](O)[C@@]2(CO)C[C@H]3O. The monoisotopic (exact) mass is 254 g/mol. The summed E-state index contributed by atoms with van der Waals surface area (Å²) in [6.45, 7) is 6.62. The van der Waals surface area contributed by atoms with Crippen LogP contribution in [0.5, 0.6) is 0 Å². The Balaban J connectivity index is 2.16. The van der Waals surface area contributed by atoms with Crippen molar-refractivity contribution in [3.05, 3.63) is 0 Å². The van der Waals surface area contributed by atoms with Crippen molar-refractivity contribution in [2.24, 2.45) is 28.1 Å². The molecule has 4 bridgehead atoms. The van der Waals surface area contributed by atoms with E-state index in [0.29, 0.717) is 6.42 Å². The van der Waals surface area contributed by atoms with Crippen LogP contribution < -0.4 is 0 Å². The molecular weight excluding hydrogens is 228 g/mol. The molecule has 0 aliphatic heterocycles. The Morgan fingerprint density at radius 3 is 2.33 bits per heavy atom. The van der Waals surface area contributed by atoms with E-state index in [-0.39, 0.29) is 35.4 Å². The summed E-state index contributed by atoms with van der Waals surface area (Å²) in [5.74, 6) is 0.276. The van der Waals surface area contributed by atoms with Crippen LogP contribution >= 0.6 is 0 Å². The molecule has 6 atom stereocenters. The molecular formula is C15H26O3. The zero-order valence-corrected chi connectivity index (χ0v) is 11.7. The molecule has 3 heteroatoms. The van der Waals surface area contributed by atoms with E-state index >= 15 is 0 Å². The average molecular weight is 254 g/mol. The summed E-state index contributed by atoms with van der Waals surface area (Å²) in [7, 11) is 0. The van der Waals surface area contributed by atoms with E-state index < -0.39 is 11.5 Å². The quantitative estimate of drug-likeness (QED) is 0.665. The third-order valence-electron chi connectivity index (χ3n) is 6.86. The molecule has 0 heterocycles. The van der Waals surface area contributed by atoms with Crippen LogP contribution in [-0.4, -0.2) is 34.1 Å². The van der Waals surface area contributed by atoms with E-state index in [1.807, 2.05) is 0 Å². The second kappa shape index (κ2) is 3.50. The Bertz CT molecular complexity index is 367. The lowest BCUT2D eigenvalue weighted by molar-refractivity contribution is -0.111. The van der Waals surface area contributed by atoms with Crippen molar-refractivity contribution in [2.45, 2.75) is 58.7 Å². The first-order valence-corrected chi connectivity index (χ1v) is 7.27. The highest BCUT2D eigenvalue weighted by Crippen LogP contribution is 2.73. The zero-order valence-electron chi connectivity index (χ0n) is 11.7. The molecule has 18 heavy (non-hydrogen) atoms. The lowest BCUT2D eigenvalue weighted by atomic mass is 9.62. The fraction of sp³-hybridized carbons (Fsp3) is 1.00. The van der Waals surface area contributed by atoms with E-state index in [1.165, 1.54) is 0 Å². The fourth-order valence-corrected chi connectivity index (χ4v) is 5.87. The molecule has 3 saturated carbocycles. The van der Waals surface area contributed by atoms with Gasteiger partial charge in [0.25, 0.3) is 0 Å². The van der Waals surface area contributed by atoms with Gasteiger partial charge < -0.3 is 15.3 Å². The third-order valence-corrected chi connectivity index (χ3v) is 6.86. The molecule has 3 aliphatic rings. The van der Waals surface area contributed by atoms with Gasteiger partial charge in [-0.15, -0.1) is 0 Å². The lowest BCUT2D eigenvalue weighted by Crippen LogP contribution is -2.50. The van der Waals surface area contributed by atoms with Crippen molar-refractivity contribution in [1.29, 1.82) is 0 Å². The van der Waals surface area contributed by atoms with Gasteiger partial charge in [-0.2, -0.15) is 0 Å². The zero-order chi connectivity index (χ0) is 13.3. The molecule has 104 valence electrons. The van der Waals surface area contributed by atoms with Gasteiger partial charge in [0, 0.05) is 5.41 Å². The van der Waals surface area contributed by atoms with Gasteiger partial charge in [0.2, 0.25) is 0 Å². The lowest BCUT2D eigenvalue weighted by Gasteiger charge is -2.46. The Morgan fingerprint density at radius 2 is 1.72 bits per heavy atom. The summed E-state index contributed by atoms with van der Waals surface area (Å²) in [4.78, 5) is 0. The Kier molecular flexibility index (Phi) is 2.51. The minimum Gasteiger partial charge on any atom is -0.396 e. The number of aliphatic hydroxyl groups excluding tert-OH is 3. The molecule has 0 radical (unpaired) electrons. The molecule has 0 aromatic heterocycles. The standard InChI is InChI=1S/C15H26O3/c1-13(2)5-4-6-14(3)10-9(17)7-15(14,8-16)12(18)11(10)13/h9-12,16-18H,4-8H2,1-3H3/t9-,10+,11+,12-,14+,15+/m1/s1. The van der Waals surface area contributed by atoms with E-state index in [0.717, 1.165) is 19.3 Å². The normalized spacial score (nSPS) is 57.7. The molecule has 0 spiro atoms. The summed E-state index contributed by atoms with van der Waals surface area (Å²) < 4.78 is 0. The maximum absolute atomic E-state index is 10.8. The molecule has 0 aromatic carbocycles. The molecule has 3 fully saturated rings. The van der Waals surface area contributed by atoms with Crippen LogP contribution in [0.3, 0.4) is 0 Å². The van der Waals surface area contributed by atoms with Gasteiger partial charge in [-0.05, 0) is 41.9 Å². The predicted molar refractivity (Wildman–Crippen MR) is 68.9 cm³/mol. The van der Waals surface area contributed by atoms with E-state index in [1.54, 1.807) is 0 Å². The van der Waals surface area contributed by atoms with Crippen molar-refractivity contribution in [2.75, 3.05) is 6.61 Å². The van der Waals surface area contributed by atoms with E-state index in [2.05, 4.69) is 20.8 Å². The number of rotatable bonds is 1. The highest BCUT2D eigenvalue weighted by Gasteiger charge is 2.75. The Hall–Kier alpha value is -0.120. The summed E-state index contributed by atoms with van der Waals surface area (Å²) >= 11 is 0. The minimum absolute atomic E-state index is 0.00477. The van der Waals surface area contributed by atoms with Crippen LogP contribution in [0, 0.1) is 28.1 Å². The predicted octanol–water partition coefficient (Wildman–Crippen LogP) is 1.55. The van der Waals surface area contributed by atoms with Crippen LogP contribution in [0.4, 0.5) is 0 Å². The minimum atomic E-state index is -0.473. The molecule has 0 aromatic rings. The van der Waals surface area contributed by atoms with Crippen molar-refractivity contribution in [3.8, 4) is 0 Å². The Labute approximate surface area is 109 Å². The van der Waals surface area contributed by atoms with Crippen molar-refractivity contribution < 1.29 is 15.3 Å². The molecule has 3 nitrogen and oxygen atoms in total. The maximum atomic E-state index is 10.8. The van der Waals surface area contributed by atoms with Gasteiger partial charge >= 0.3 is 0 Å². The van der Waals surface area contributed by atoms with Crippen molar-refractivity contribution >= 4 is 0 Å². The topological polar surface area (TPSA) is 60.7 Å². The summed E-state index contributed by atoms with van der Waals surface area (Å²) in [5, 5.41) is 31.2. The van der Waals surface area contributed by atoms with E-state index in [9.17, 15) is 15.3 Å². The number of aliphatic hydroxyl groups is 3. The van der Waals surface area contributed by atoms with Gasteiger partial charge in [-0.25, -0.2) is 0 Å². The highest BCUT2D eigenvalue weighted by molar-refractivity contribution is 5.23. The summed E-state index contributed by atoms with van der Waals surface area (Å²) in [5.41, 5.74) is -0.515. The van der Waals surface area contributed by atoms with Gasteiger partial charge in [-0.1, -0.05) is 27.2 Å². The van der Waals surface area contributed by atoms with Gasteiger partial charge in [-0.3, -0.25) is 0 Å². The second-order valence-electron chi connectivity index (χ2n) is 7.84. The first kappa shape index (κ1) is 12.9. The summed E-state index contributed by atoms with van der Waals surface area (Å²) in [6.07, 6.45) is 3.02. The number of hydrogen-bond acceptors (Lipinski definition) is 3. The molecule has 3 rings (SSSR count). The van der Waals surface area contributed by atoms with E-state index in [4.69, 9.17) is 0 Å². The molecule has 0 amide bonds. The van der Waals surface area contributed by atoms with Gasteiger partial charge in [0.1, 0.15) is 0 Å². The van der Waals surface area contributed by atoms with Gasteiger partial charge in [0.15, 0.2) is 0 Å². The fourth-order valence-electron chi connectivity index (χ4n) is 5.87. The summed E-state index contributed by atoms with van der Waals surface area (Å²) in [6, 6.07) is 0. The highest BCUT2D eigenvalue weighted by atomic mass is 16.3. The van der Waals surface area contributed by atoms with Crippen molar-refractivity contribution in [3.63, 3.8) is 0 Å². The van der Waals surface area contributed by atoms with Crippen LogP contribution in [-0.2, 0) is 0 Å². The largest absolute Gasteiger partial charge is 0.396 e. The maximum Gasteiger partial charge on any atom is 0.0661 e. The second-order valence-corrected chi connectivity index (χ2v) is 7.84. The average Bonchev–Trinajstić information content (AvgIpc) is 2.55. The van der Waals surface area contributed by atoms with Crippen LogP contribution in [0.2, 0.25) is 0 Å².